The van der Waals surface area contributed by atoms with Gasteiger partial charge in [-0.05, 0) is 31.2 Å². The summed E-state index contributed by atoms with van der Waals surface area (Å²) < 4.78 is 47.3. The normalized spacial score (nSPS) is 25.8. The van der Waals surface area contributed by atoms with Gasteiger partial charge in [0.1, 0.15) is 35.5 Å². The van der Waals surface area contributed by atoms with E-state index in [1.54, 1.807) is 0 Å². The predicted molar refractivity (Wildman–Crippen MR) is 109 cm³/mol. The summed E-state index contributed by atoms with van der Waals surface area (Å²) in [5.74, 6) is -4.36. The van der Waals surface area contributed by atoms with Gasteiger partial charge in [0.05, 0.1) is 12.8 Å². The zero-order valence-corrected chi connectivity index (χ0v) is 17.6. The number of hydrogen-bond acceptors (Lipinski definition) is 7. The molecule has 0 saturated carbocycles. The maximum atomic E-state index is 13.6. The lowest BCUT2D eigenvalue weighted by molar-refractivity contribution is -0.178. The maximum absolute atomic E-state index is 13.6. The number of hydrogen-bond donors (Lipinski definition) is 3. The molecule has 2 heterocycles. The Morgan fingerprint density at radius 3 is 2.34 bits per heavy atom. The van der Waals surface area contributed by atoms with Crippen LogP contribution in [0.25, 0.3) is 11.3 Å². The van der Waals surface area contributed by atoms with Crippen molar-refractivity contribution in [3.63, 3.8) is 0 Å². The quantitative estimate of drug-likeness (QED) is 0.496. The summed E-state index contributed by atoms with van der Waals surface area (Å²) in [7, 11) is 0. The van der Waals surface area contributed by atoms with Crippen molar-refractivity contribution in [2.75, 3.05) is 6.61 Å². The molecule has 1 aliphatic heterocycles. The van der Waals surface area contributed by atoms with Gasteiger partial charge in [-0.3, -0.25) is 0 Å². The van der Waals surface area contributed by atoms with E-state index in [-0.39, 0.29) is 11.3 Å². The molecule has 1 saturated heterocycles. The van der Waals surface area contributed by atoms with Crippen LogP contribution in [0.5, 0.6) is 0 Å². The number of rotatable bonds is 5. The average molecular weight is 467 g/mol. The molecule has 4 rings (SSSR count). The van der Waals surface area contributed by atoms with Gasteiger partial charge in [0.25, 0.3) is 0 Å². The molecule has 11 heteroatoms. The van der Waals surface area contributed by atoms with Crippen LogP contribution in [0, 0.1) is 24.4 Å². The smallest absolute Gasteiger partial charge is 0.194 e. The number of thioether (sulfide) groups is 1. The van der Waals surface area contributed by atoms with Crippen LogP contribution in [0.3, 0.4) is 0 Å². The molecule has 0 aliphatic carbocycles. The van der Waals surface area contributed by atoms with Gasteiger partial charge in [-0.15, -0.1) is 5.10 Å². The minimum atomic E-state index is -1.60. The number of halogens is 3. The molecule has 0 bridgehead atoms. The van der Waals surface area contributed by atoms with Crippen LogP contribution >= 0.6 is 11.8 Å². The van der Waals surface area contributed by atoms with Crippen LogP contribution in [-0.4, -0.2) is 60.7 Å². The van der Waals surface area contributed by atoms with Gasteiger partial charge in [0.2, 0.25) is 0 Å². The second kappa shape index (κ2) is 9.20. The molecule has 1 aromatic heterocycles. The molecule has 0 amide bonds. The summed E-state index contributed by atoms with van der Waals surface area (Å²) in [5, 5.41) is 39.0. The number of aliphatic hydroxyl groups is 3. The minimum absolute atomic E-state index is 0.0111. The van der Waals surface area contributed by atoms with Crippen molar-refractivity contribution in [3.05, 3.63) is 65.6 Å². The molecule has 5 atom stereocenters. The first-order chi connectivity index (χ1) is 15.3. The number of ether oxygens (including phenoxy) is 1. The molecule has 3 aromatic rings. The lowest BCUT2D eigenvalue weighted by Gasteiger charge is -2.41. The standard InChI is InChI=1S/C21H20F3N3O4S/c1-10-2-4-12(5-3-10)32-21-20(30)18(19(29)16(9-28)31-21)27-8-15(25-26-27)11-6-13(22)17(24)14(23)7-11/h2-8,16,18-21,28-30H,9H2,1H3/t16?,18?,19?,20-,21?/m0/s1. The summed E-state index contributed by atoms with van der Waals surface area (Å²) in [6.07, 6.45) is -2.35. The number of aliphatic hydroxyl groups excluding tert-OH is 3. The van der Waals surface area contributed by atoms with Crippen LogP contribution in [0.4, 0.5) is 13.2 Å². The Kier molecular flexibility index (Phi) is 6.54. The van der Waals surface area contributed by atoms with E-state index in [0.717, 1.165) is 27.3 Å². The largest absolute Gasteiger partial charge is 0.394 e. The van der Waals surface area contributed by atoms with E-state index in [0.29, 0.717) is 0 Å². The molecular formula is C21H20F3N3O4S. The van der Waals surface area contributed by atoms with Crippen molar-refractivity contribution < 1.29 is 33.2 Å². The van der Waals surface area contributed by atoms with Crippen LogP contribution < -0.4 is 0 Å². The van der Waals surface area contributed by atoms with E-state index in [2.05, 4.69) is 10.3 Å². The highest BCUT2D eigenvalue weighted by Gasteiger charge is 2.46. The van der Waals surface area contributed by atoms with Gasteiger partial charge in [-0.1, -0.05) is 34.7 Å². The summed E-state index contributed by atoms with van der Waals surface area (Å²) in [6.45, 7) is 1.43. The van der Waals surface area contributed by atoms with Crippen molar-refractivity contribution in [2.24, 2.45) is 0 Å². The Morgan fingerprint density at radius 1 is 1.06 bits per heavy atom. The topological polar surface area (TPSA) is 101 Å². The third kappa shape index (κ3) is 4.39. The number of nitrogens with zero attached hydrogens (tertiary/aromatic N) is 3. The van der Waals surface area contributed by atoms with Crippen molar-refractivity contribution >= 4 is 11.8 Å². The third-order valence-electron chi connectivity index (χ3n) is 5.22. The first kappa shape index (κ1) is 22.7. The monoisotopic (exact) mass is 467 g/mol. The maximum Gasteiger partial charge on any atom is 0.194 e. The highest BCUT2D eigenvalue weighted by Crippen LogP contribution is 2.38. The van der Waals surface area contributed by atoms with E-state index in [9.17, 15) is 28.5 Å². The van der Waals surface area contributed by atoms with Crippen molar-refractivity contribution in [3.8, 4) is 11.3 Å². The highest BCUT2D eigenvalue weighted by atomic mass is 32.2. The SMILES string of the molecule is Cc1ccc(SC2OC(CO)C(O)C(n3cc(-c4cc(F)c(F)c(F)c4)nn3)[C@@H]2O)cc1. The molecule has 1 aliphatic rings. The van der Waals surface area contributed by atoms with E-state index < -0.39 is 53.8 Å². The second-order valence-corrected chi connectivity index (χ2v) is 8.64. The van der Waals surface area contributed by atoms with Gasteiger partial charge in [0.15, 0.2) is 17.5 Å². The Morgan fingerprint density at radius 2 is 1.72 bits per heavy atom. The zero-order chi connectivity index (χ0) is 23.0. The highest BCUT2D eigenvalue weighted by molar-refractivity contribution is 7.99. The summed E-state index contributed by atoms with van der Waals surface area (Å²) in [5.41, 5.74) is 0.159. The van der Waals surface area contributed by atoms with Crippen molar-refractivity contribution in [1.82, 2.24) is 15.0 Å². The van der Waals surface area contributed by atoms with E-state index in [1.165, 1.54) is 18.0 Å². The summed E-state index contributed by atoms with van der Waals surface area (Å²) >= 11 is 1.21. The van der Waals surface area contributed by atoms with Gasteiger partial charge in [-0.2, -0.15) is 0 Å². The van der Waals surface area contributed by atoms with Gasteiger partial charge in [-0.25, -0.2) is 17.9 Å². The Bertz CT molecular complexity index is 1080. The first-order valence-electron chi connectivity index (χ1n) is 9.71. The van der Waals surface area contributed by atoms with Gasteiger partial charge >= 0.3 is 0 Å². The molecule has 1 fully saturated rings. The van der Waals surface area contributed by atoms with Crippen molar-refractivity contribution in [1.29, 1.82) is 0 Å². The predicted octanol–water partition coefficient (Wildman–Crippen LogP) is 2.44. The first-order valence-corrected chi connectivity index (χ1v) is 10.6. The number of aryl methyl sites for hydroxylation is 1. The molecule has 2 aromatic carbocycles. The molecule has 3 N–H and O–H groups in total. The lowest BCUT2D eigenvalue weighted by Crippen LogP contribution is -2.55. The zero-order valence-electron chi connectivity index (χ0n) is 16.8. The number of benzene rings is 2. The van der Waals surface area contributed by atoms with Crippen LogP contribution in [0.2, 0.25) is 0 Å². The molecule has 32 heavy (non-hydrogen) atoms. The van der Waals surface area contributed by atoms with Crippen LogP contribution in [-0.2, 0) is 4.74 Å². The third-order valence-corrected chi connectivity index (χ3v) is 6.38. The van der Waals surface area contributed by atoms with Gasteiger partial charge in [0, 0.05) is 10.5 Å². The molecule has 4 unspecified atom stereocenters. The Hall–Kier alpha value is -2.44. The van der Waals surface area contributed by atoms with E-state index >= 15 is 0 Å². The average Bonchev–Trinajstić information content (AvgIpc) is 3.25. The van der Waals surface area contributed by atoms with Crippen LogP contribution in [0.1, 0.15) is 11.6 Å². The van der Waals surface area contributed by atoms with Crippen LogP contribution in [0.15, 0.2) is 47.5 Å². The second-order valence-electron chi connectivity index (χ2n) is 7.47. The fraction of sp³-hybridized carbons (Fsp3) is 0.333. The van der Waals surface area contributed by atoms with Gasteiger partial charge < -0.3 is 20.1 Å². The minimum Gasteiger partial charge on any atom is -0.394 e. The summed E-state index contributed by atoms with van der Waals surface area (Å²) in [6, 6.07) is 7.99. The molecule has 170 valence electrons. The molecule has 0 spiro atoms. The Balaban J connectivity index is 1.63. The molecule has 0 radical (unpaired) electrons. The van der Waals surface area contributed by atoms with E-state index in [4.69, 9.17) is 4.74 Å². The fourth-order valence-electron chi connectivity index (χ4n) is 3.49. The Labute approximate surface area is 185 Å². The number of aromatic nitrogens is 3. The lowest BCUT2D eigenvalue weighted by atomic mass is 9.97. The van der Waals surface area contributed by atoms with Crippen molar-refractivity contribution in [2.45, 2.75) is 41.6 Å². The fourth-order valence-corrected chi connectivity index (χ4v) is 4.55. The molecule has 7 nitrogen and oxygen atoms in total. The summed E-state index contributed by atoms with van der Waals surface area (Å²) in [4.78, 5) is 0.808. The molecular weight excluding hydrogens is 447 g/mol. The van der Waals surface area contributed by atoms with E-state index in [1.807, 2.05) is 31.2 Å².